The topological polar surface area (TPSA) is 26.3 Å². The van der Waals surface area contributed by atoms with Crippen LogP contribution in [-0.2, 0) is 4.74 Å². The summed E-state index contributed by atoms with van der Waals surface area (Å²) >= 11 is 0. The average molecular weight is 264 g/mol. The van der Waals surface area contributed by atoms with Crippen LogP contribution in [0.3, 0.4) is 0 Å². The van der Waals surface area contributed by atoms with Gasteiger partial charge in [-0.05, 0) is 55.9 Å². The molecule has 1 aliphatic carbocycles. The van der Waals surface area contributed by atoms with E-state index in [2.05, 4.69) is 6.92 Å². The molecule has 104 valence electrons. The number of carbonyl (C=O) groups excluding carboxylic acids is 1. The summed E-state index contributed by atoms with van der Waals surface area (Å²) in [6, 6.07) is 4.54. The van der Waals surface area contributed by atoms with Crippen LogP contribution in [0, 0.1) is 18.7 Å². The van der Waals surface area contributed by atoms with Crippen molar-refractivity contribution in [1.29, 1.82) is 0 Å². The van der Waals surface area contributed by atoms with Crippen molar-refractivity contribution in [3.05, 3.63) is 35.1 Å². The molecule has 2 unspecified atom stereocenters. The van der Waals surface area contributed by atoms with Crippen molar-refractivity contribution in [2.75, 3.05) is 7.11 Å². The van der Waals surface area contributed by atoms with E-state index in [9.17, 15) is 9.18 Å². The molecule has 2 rings (SSSR count). The second kappa shape index (κ2) is 5.41. The number of halogens is 1. The number of methoxy groups -OCH3 is 1. The lowest BCUT2D eigenvalue weighted by Crippen LogP contribution is -2.44. The Balaban J connectivity index is 2.32. The Hall–Kier alpha value is -1.22. The fraction of sp³-hybridized carbons (Fsp3) is 0.562. The largest absolute Gasteiger partial charge is 0.370 e. The first kappa shape index (κ1) is 14.2. The molecule has 0 saturated heterocycles. The summed E-state index contributed by atoms with van der Waals surface area (Å²) in [6.45, 7) is 3.82. The van der Waals surface area contributed by atoms with Crippen LogP contribution in [0.2, 0.25) is 0 Å². The molecule has 2 nitrogen and oxygen atoms in total. The number of ketones is 1. The van der Waals surface area contributed by atoms with Gasteiger partial charge in [-0.15, -0.1) is 0 Å². The summed E-state index contributed by atoms with van der Waals surface area (Å²) in [5.41, 5.74) is 0.331. The first-order chi connectivity index (χ1) is 8.98. The third-order valence-electron chi connectivity index (χ3n) is 4.18. The molecule has 0 radical (unpaired) electrons. The van der Waals surface area contributed by atoms with Crippen LogP contribution in [0.4, 0.5) is 4.39 Å². The summed E-state index contributed by atoms with van der Waals surface area (Å²) in [5, 5.41) is 0. The molecule has 1 fully saturated rings. The number of hydrogen-bond acceptors (Lipinski definition) is 2. The summed E-state index contributed by atoms with van der Waals surface area (Å²) in [7, 11) is 1.60. The lowest BCUT2D eigenvalue weighted by Gasteiger charge is -2.37. The Bertz CT molecular complexity index is 484. The Morgan fingerprint density at radius 1 is 1.47 bits per heavy atom. The second-order valence-electron chi connectivity index (χ2n) is 5.69. The van der Waals surface area contributed by atoms with Crippen LogP contribution in [0.25, 0.3) is 0 Å². The first-order valence-corrected chi connectivity index (χ1v) is 6.84. The minimum Gasteiger partial charge on any atom is -0.370 e. The first-order valence-electron chi connectivity index (χ1n) is 6.84. The maximum Gasteiger partial charge on any atom is 0.194 e. The van der Waals surface area contributed by atoms with Crippen molar-refractivity contribution >= 4 is 5.78 Å². The van der Waals surface area contributed by atoms with Crippen molar-refractivity contribution in [2.45, 2.75) is 45.1 Å². The highest BCUT2D eigenvalue weighted by atomic mass is 19.1. The summed E-state index contributed by atoms with van der Waals surface area (Å²) in [5.74, 6) is 0.198. The molecule has 1 saturated carbocycles. The highest BCUT2D eigenvalue weighted by Gasteiger charge is 2.42. The number of aryl methyl sites for hydroxylation is 1. The lowest BCUT2D eigenvalue weighted by molar-refractivity contribution is -0.0302. The molecule has 1 aliphatic rings. The van der Waals surface area contributed by atoms with Crippen LogP contribution >= 0.6 is 0 Å². The lowest BCUT2D eigenvalue weighted by atomic mass is 9.74. The van der Waals surface area contributed by atoms with Crippen LogP contribution in [0.5, 0.6) is 0 Å². The number of carbonyl (C=O) groups is 1. The maximum atomic E-state index is 13.3. The number of rotatable bonds is 3. The predicted octanol–water partition coefficient (Wildman–Crippen LogP) is 3.91. The van der Waals surface area contributed by atoms with E-state index in [0.717, 1.165) is 25.7 Å². The fourth-order valence-electron chi connectivity index (χ4n) is 3.04. The van der Waals surface area contributed by atoms with Crippen molar-refractivity contribution in [3.63, 3.8) is 0 Å². The predicted molar refractivity (Wildman–Crippen MR) is 72.8 cm³/mol. The van der Waals surface area contributed by atoms with Gasteiger partial charge in [-0.3, -0.25) is 4.79 Å². The molecule has 0 aromatic heterocycles. The molecule has 19 heavy (non-hydrogen) atoms. The Morgan fingerprint density at radius 3 is 2.79 bits per heavy atom. The van der Waals surface area contributed by atoms with Gasteiger partial charge in [0.05, 0.1) is 0 Å². The standard InChI is InChI=1S/C16H21FO2/c1-11-5-4-8-16(10-11,19-3)15(18)13-6-7-14(17)12(2)9-13/h6-7,9,11H,4-5,8,10H2,1-3H3. The molecule has 0 aliphatic heterocycles. The van der Waals surface area contributed by atoms with Crippen molar-refractivity contribution < 1.29 is 13.9 Å². The van der Waals surface area contributed by atoms with Gasteiger partial charge in [-0.2, -0.15) is 0 Å². The SMILES string of the molecule is COC1(C(=O)c2ccc(F)c(C)c2)CCCC(C)C1. The minimum atomic E-state index is -0.720. The molecule has 1 aromatic rings. The van der Waals surface area contributed by atoms with Gasteiger partial charge in [-0.1, -0.05) is 13.3 Å². The van der Waals surface area contributed by atoms with Gasteiger partial charge in [0, 0.05) is 12.7 Å². The normalized spacial score (nSPS) is 27.3. The fourth-order valence-corrected chi connectivity index (χ4v) is 3.04. The Morgan fingerprint density at radius 2 is 2.21 bits per heavy atom. The van der Waals surface area contributed by atoms with Gasteiger partial charge in [0.25, 0.3) is 0 Å². The minimum absolute atomic E-state index is 0.00958. The number of benzene rings is 1. The van der Waals surface area contributed by atoms with Gasteiger partial charge in [0.2, 0.25) is 0 Å². The maximum absolute atomic E-state index is 13.3. The quantitative estimate of drug-likeness (QED) is 0.774. The van der Waals surface area contributed by atoms with Crippen LogP contribution < -0.4 is 0 Å². The third kappa shape index (κ3) is 2.71. The Labute approximate surface area is 114 Å². The van der Waals surface area contributed by atoms with Crippen molar-refractivity contribution in [1.82, 2.24) is 0 Å². The van der Waals surface area contributed by atoms with Crippen LogP contribution in [0.1, 0.15) is 48.5 Å². The molecule has 0 heterocycles. The van der Waals surface area contributed by atoms with Crippen LogP contribution in [0.15, 0.2) is 18.2 Å². The zero-order valence-corrected chi connectivity index (χ0v) is 11.8. The number of ether oxygens (including phenoxy) is 1. The van der Waals surface area contributed by atoms with E-state index in [0.29, 0.717) is 17.0 Å². The van der Waals surface area contributed by atoms with Gasteiger partial charge < -0.3 is 4.74 Å². The summed E-state index contributed by atoms with van der Waals surface area (Å²) in [6.07, 6.45) is 3.64. The summed E-state index contributed by atoms with van der Waals surface area (Å²) < 4.78 is 18.9. The molecule has 1 aromatic carbocycles. The van der Waals surface area contributed by atoms with E-state index in [-0.39, 0.29) is 11.6 Å². The molecular weight excluding hydrogens is 243 g/mol. The van der Waals surface area contributed by atoms with E-state index >= 15 is 0 Å². The molecule has 0 N–H and O–H groups in total. The molecular formula is C16H21FO2. The van der Waals surface area contributed by atoms with E-state index in [1.54, 1.807) is 26.2 Å². The van der Waals surface area contributed by atoms with E-state index in [4.69, 9.17) is 4.74 Å². The highest BCUT2D eigenvalue weighted by Crippen LogP contribution is 2.37. The molecule has 2 atom stereocenters. The summed E-state index contributed by atoms with van der Waals surface area (Å²) in [4.78, 5) is 12.7. The van der Waals surface area contributed by atoms with E-state index in [1.807, 2.05) is 0 Å². The highest BCUT2D eigenvalue weighted by molar-refractivity contribution is 6.02. The second-order valence-corrected chi connectivity index (χ2v) is 5.69. The van der Waals surface area contributed by atoms with E-state index < -0.39 is 5.60 Å². The average Bonchev–Trinajstić information content (AvgIpc) is 2.41. The zero-order valence-electron chi connectivity index (χ0n) is 11.8. The Kier molecular flexibility index (Phi) is 4.04. The van der Waals surface area contributed by atoms with Crippen LogP contribution in [-0.4, -0.2) is 18.5 Å². The van der Waals surface area contributed by atoms with Gasteiger partial charge >= 0.3 is 0 Å². The van der Waals surface area contributed by atoms with Gasteiger partial charge in [0.1, 0.15) is 11.4 Å². The third-order valence-corrected chi connectivity index (χ3v) is 4.18. The smallest absolute Gasteiger partial charge is 0.194 e. The number of hydrogen-bond donors (Lipinski definition) is 0. The molecule has 0 spiro atoms. The van der Waals surface area contributed by atoms with Crippen molar-refractivity contribution in [3.8, 4) is 0 Å². The number of Topliss-reactive ketones (excluding diaryl/α,β-unsaturated/α-hetero) is 1. The van der Waals surface area contributed by atoms with Crippen molar-refractivity contribution in [2.24, 2.45) is 5.92 Å². The zero-order chi connectivity index (χ0) is 14.0. The molecule has 0 bridgehead atoms. The molecule has 3 heteroatoms. The molecule has 0 amide bonds. The van der Waals surface area contributed by atoms with Gasteiger partial charge in [-0.25, -0.2) is 4.39 Å². The van der Waals surface area contributed by atoms with Gasteiger partial charge in [0.15, 0.2) is 5.78 Å². The van der Waals surface area contributed by atoms with E-state index in [1.165, 1.54) is 6.07 Å². The monoisotopic (exact) mass is 264 g/mol.